The summed E-state index contributed by atoms with van der Waals surface area (Å²) in [7, 11) is 0. The predicted octanol–water partition coefficient (Wildman–Crippen LogP) is 0.505. The van der Waals surface area contributed by atoms with Gasteiger partial charge in [0.2, 0.25) is 11.8 Å². The molecule has 21 heavy (non-hydrogen) atoms. The van der Waals surface area contributed by atoms with E-state index < -0.39 is 11.8 Å². The molecule has 0 aliphatic heterocycles. The second kappa shape index (κ2) is 6.29. The molecule has 2 aromatic rings. The van der Waals surface area contributed by atoms with Crippen LogP contribution in [0.4, 0.5) is 5.69 Å². The highest BCUT2D eigenvalue weighted by Crippen LogP contribution is 2.13. The molecule has 2 amide bonds. The van der Waals surface area contributed by atoms with Crippen molar-refractivity contribution in [2.75, 3.05) is 5.32 Å². The average molecular weight is 285 g/mol. The van der Waals surface area contributed by atoms with Crippen LogP contribution in [-0.4, -0.2) is 22.0 Å². The zero-order chi connectivity index (χ0) is 15.2. The topological polar surface area (TPSA) is 121 Å². The van der Waals surface area contributed by atoms with Crippen LogP contribution in [0.5, 0.6) is 0 Å². The number of hydrogen-bond acceptors (Lipinski definition) is 6. The van der Waals surface area contributed by atoms with Crippen molar-refractivity contribution in [3.63, 3.8) is 0 Å². The highest BCUT2D eigenvalue weighted by atomic mass is 16.4. The summed E-state index contributed by atoms with van der Waals surface area (Å²) in [6, 6.07) is 8.30. The Kier molecular flexibility index (Phi) is 4.26. The van der Waals surface area contributed by atoms with E-state index in [0.29, 0.717) is 5.89 Å². The number of para-hydroxylation sites is 1. The van der Waals surface area contributed by atoms with Crippen LogP contribution in [0.25, 0.3) is 0 Å². The van der Waals surface area contributed by atoms with Gasteiger partial charge < -0.3 is 15.1 Å². The number of rotatable bonds is 3. The highest BCUT2D eigenvalue weighted by molar-refractivity contribution is 6.39. The summed E-state index contributed by atoms with van der Waals surface area (Å²) in [6.07, 6.45) is 0. The Morgan fingerprint density at radius 1 is 1.29 bits per heavy atom. The number of carbonyl (C=O) groups excluding carboxylic acids is 2. The fourth-order valence-corrected chi connectivity index (χ4v) is 1.51. The van der Waals surface area contributed by atoms with Crippen molar-refractivity contribution in [1.29, 1.82) is 5.26 Å². The molecular formula is C13H11N5O3. The summed E-state index contributed by atoms with van der Waals surface area (Å²) in [4.78, 5) is 23.3. The summed E-state index contributed by atoms with van der Waals surface area (Å²) < 4.78 is 5.06. The number of nitriles is 1. The number of aryl methyl sites for hydroxylation is 1. The third-order valence-corrected chi connectivity index (χ3v) is 2.47. The lowest BCUT2D eigenvalue weighted by Crippen LogP contribution is -2.35. The SMILES string of the molecule is Cc1nnc(CNC(=O)C(=O)Nc2ccccc2C#N)o1. The minimum atomic E-state index is -0.881. The zero-order valence-electron chi connectivity index (χ0n) is 11.1. The molecule has 0 saturated carbocycles. The Bertz CT molecular complexity index is 717. The Labute approximate surface area is 119 Å². The third kappa shape index (κ3) is 3.63. The van der Waals surface area contributed by atoms with Crippen LogP contribution in [-0.2, 0) is 16.1 Å². The van der Waals surface area contributed by atoms with Crippen LogP contribution >= 0.6 is 0 Å². The quantitative estimate of drug-likeness (QED) is 0.792. The second-order valence-electron chi connectivity index (χ2n) is 4.01. The molecule has 8 nitrogen and oxygen atoms in total. The number of nitrogens with zero attached hydrogens (tertiary/aromatic N) is 3. The van der Waals surface area contributed by atoms with Gasteiger partial charge in [0.25, 0.3) is 0 Å². The van der Waals surface area contributed by atoms with Gasteiger partial charge in [-0.1, -0.05) is 12.1 Å². The lowest BCUT2D eigenvalue weighted by molar-refractivity contribution is -0.136. The normalized spacial score (nSPS) is 9.71. The van der Waals surface area contributed by atoms with E-state index in [9.17, 15) is 9.59 Å². The van der Waals surface area contributed by atoms with E-state index in [1.807, 2.05) is 6.07 Å². The first-order valence-corrected chi connectivity index (χ1v) is 5.97. The second-order valence-corrected chi connectivity index (χ2v) is 4.01. The molecule has 8 heteroatoms. The molecule has 0 aliphatic carbocycles. The minimum absolute atomic E-state index is 0.0486. The van der Waals surface area contributed by atoms with Gasteiger partial charge in [-0.05, 0) is 12.1 Å². The molecule has 0 aliphatic rings. The predicted molar refractivity (Wildman–Crippen MR) is 70.7 cm³/mol. The molecule has 0 spiro atoms. The Hall–Kier alpha value is -3.21. The van der Waals surface area contributed by atoms with E-state index in [4.69, 9.17) is 9.68 Å². The van der Waals surface area contributed by atoms with Gasteiger partial charge in [0, 0.05) is 6.92 Å². The van der Waals surface area contributed by atoms with Gasteiger partial charge in [0.1, 0.15) is 6.07 Å². The van der Waals surface area contributed by atoms with Crippen molar-refractivity contribution in [1.82, 2.24) is 15.5 Å². The van der Waals surface area contributed by atoms with Gasteiger partial charge in [0.05, 0.1) is 17.8 Å². The number of amides is 2. The molecule has 0 unspecified atom stereocenters. The maximum Gasteiger partial charge on any atom is 0.313 e. The standard InChI is InChI=1S/C13H11N5O3/c1-8-17-18-11(21-8)7-15-12(19)13(20)16-10-5-3-2-4-9(10)6-14/h2-5H,7H2,1H3,(H,15,19)(H,16,20). The molecule has 0 atom stereocenters. The largest absolute Gasteiger partial charge is 0.424 e. The van der Waals surface area contributed by atoms with Gasteiger partial charge in [-0.2, -0.15) is 5.26 Å². The van der Waals surface area contributed by atoms with Crippen LogP contribution in [0, 0.1) is 18.3 Å². The van der Waals surface area contributed by atoms with Crippen LogP contribution in [0.1, 0.15) is 17.3 Å². The average Bonchev–Trinajstić information content (AvgIpc) is 2.91. The van der Waals surface area contributed by atoms with Crippen molar-refractivity contribution in [2.24, 2.45) is 0 Å². The summed E-state index contributed by atoms with van der Waals surface area (Å²) in [5.74, 6) is -1.18. The number of hydrogen-bond donors (Lipinski definition) is 2. The third-order valence-electron chi connectivity index (χ3n) is 2.47. The molecule has 2 N–H and O–H groups in total. The fraction of sp³-hybridized carbons (Fsp3) is 0.154. The molecule has 0 radical (unpaired) electrons. The summed E-state index contributed by atoms with van der Waals surface area (Å²) in [5.41, 5.74) is 0.542. The molecule has 1 aromatic heterocycles. The minimum Gasteiger partial charge on any atom is -0.424 e. The van der Waals surface area contributed by atoms with Crippen molar-refractivity contribution in [3.8, 4) is 6.07 Å². The van der Waals surface area contributed by atoms with E-state index in [0.717, 1.165) is 0 Å². The smallest absolute Gasteiger partial charge is 0.313 e. The van der Waals surface area contributed by atoms with E-state index >= 15 is 0 Å². The van der Waals surface area contributed by atoms with Crippen LogP contribution in [0.3, 0.4) is 0 Å². The van der Waals surface area contributed by atoms with Gasteiger partial charge in [-0.3, -0.25) is 9.59 Å². The van der Waals surface area contributed by atoms with Crippen molar-refractivity contribution in [3.05, 3.63) is 41.6 Å². The number of nitrogens with one attached hydrogen (secondary N) is 2. The van der Waals surface area contributed by atoms with E-state index in [-0.39, 0.29) is 23.7 Å². The van der Waals surface area contributed by atoms with E-state index in [1.165, 1.54) is 12.1 Å². The monoisotopic (exact) mass is 285 g/mol. The molecule has 1 aromatic carbocycles. The first-order valence-electron chi connectivity index (χ1n) is 5.97. The number of benzene rings is 1. The lowest BCUT2D eigenvalue weighted by Gasteiger charge is -2.06. The molecular weight excluding hydrogens is 274 g/mol. The van der Waals surface area contributed by atoms with Gasteiger partial charge in [0.15, 0.2) is 0 Å². The first kappa shape index (κ1) is 14.2. The molecule has 0 fully saturated rings. The maximum absolute atomic E-state index is 11.7. The van der Waals surface area contributed by atoms with Crippen molar-refractivity contribution < 1.29 is 14.0 Å². The van der Waals surface area contributed by atoms with Crippen molar-refractivity contribution in [2.45, 2.75) is 13.5 Å². The van der Waals surface area contributed by atoms with Crippen LogP contribution in [0.2, 0.25) is 0 Å². The summed E-state index contributed by atoms with van der Waals surface area (Å²) in [6.45, 7) is 1.57. The molecule has 0 saturated heterocycles. The number of aromatic nitrogens is 2. The van der Waals surface area contributed by atoms with Gasteiger partial charge in [-0.15, -0.1) is 10.2 Å². The number of carbonyl (C=O) groups is 2. The van der Waals surface area contributed by atoms with Crippen molar-refractivity contribution >= 4 is 17.5 Å². The Morgan fingerprint density at radius 2 is 2.05 bits per heavy atom. The van der Waals surface area contributed by atoms with Crippen LogP contribution < -0.4 is 10.6 Å². The highest BCUT2D eigenvalue weighted by Gasteiger charge is 2.16. The molecule has 1 heterocycles. The Morgan fingerprint density at radius 3 is 2.71 bits per heavy atom. The molecule has 0 bridgehead atoms. The van der Waals surface area contributed by atoms with Crippen LogP contribution in [0.15, 0.2) is 28.7 Å². The first-order chi connectivity index (χ1) is 10.1. The summed E-state index contributed by atoms with van der Waals surface area (Å²) >= 11 is 0. The zero-order valence-corrected chi connectivity index (χ0v) is 11.1. The van der Waals surface area contributed by atoms with E-state index in [1.54, 1.807) is 19.1 Å². The van der Waals surface area contributed by atoms with E-state index in [2.05, 4.69) is 20.8 Å². The van der Waals surface area contributed by atoms with Gasteiger partial charge >= 0.3 is 11.8 Å². The maximum atomic E-state index is 11.7. The number of anilines is 1. The summed E-state index contributed by atoms with van der Waals surface area (Å²) in [5, 5.41) is 20.9. The molecule has 106 valence electrons. The van der Waals surface area contributed by atoms with Gasteiger partial charge in [-0.25, -0.2) is 0 Å². The molecule has 2 rings (SSSR count). The fourth-order valence-electron chi connectivity index (χ4n) is 1.51. The Balaban J connectivity index is 1.94. The lowest BCUT2D eigenvalue weighted by atomic mass is 10.2.